The summed E-state index contributed by atoms with van der Waals surface area (Å²) in [6.45, 7) is -0.432. The second-order valence-corrected chi connectivity index (χ2v) is 6.27. The molecule has 0 aromatic heterocycles. The average molecular weight is 355 g/mol. The van der Waals surface area contributed by atoms with Gasteiger partial charge in [-0.15, -0.1) is 0 Å². The summed E-state index contributed by atoms with van der Waals surface area (Å²) in [5, 5.41) is 0. The molecule has 0 atom stereocenters. The molecule has 0 radical (unpaired) electrons. The minimum atomic E-state index is -3.87. The van der Waals surface area contributed by atoms with E-state index >= 15 is 0 Å². The van der Waals surface area contributed by atoms with E-state index in [4.69, 9.17) is 4.74 Å². The van der Waals surface area contributed by atoms with Gasteiger partial charge in [0.15, 0.2) is 11.6 Å². The van der Waals surface area contributed by atoms with E-state index in [9.17, 15) is 21.6 Å². The van der Waals surface area contributed by atoms with Gasteiger partial charge in [0.2, 0.25) is 10.0 Å². The number of sulfonamides is 1. The predicted molar refractivity (Wildman–Crippen MR) is 81.2 cm³/mol. The Kier molecular flexibility index (Phi) is 5.84. The molecule has 0 amide bonds. The SMILES string of the molecule is O=S(=O)(NCC#CCOc1ccc(F)cc1F)c1cccc(F)c1. The van der Waals surface area contributed by atoms with E-state index in [0.29, 0.717) is 6.07 Å². The Morgan fingerprint density at radius 3 is 2.46 bits per heavy atom. The first-order valence-electron chi connectivity index (χ1n) is 6.67. The third-order valence-corrected chi connectivity index (χ3v) is 4.17. The molecule has 0 saturated heterocycles. The Balaban J connectivity index is 1.85. The minimum absolute atomic E-state index is 0.161. The summed E-state index contributed by atoms with van der Waals surface area (Å²) in [4.78, 5) is -0.214. The zero-order valence-corrected chi connectivity index (χ0v) is 13.0. The fourth-order valence-corrected chi connectivity index (χ4v) is 2.62. The van der Waals surface area contributed by atoms with E-state index < -0.39 is 27.5 Å². The summed E-state index contributed by atoms with van der Waals surface area (Å²) < 4.78 is 69.8. The molecule has 0 bridgehead atoms. The van der Waals surface area contributed by atoms with Gasteiger partial charge >= 0.3 is 0 Å². The van der Waals surface area contributed by atoms with Gasteiger partial charge in [0.05, 0.1) is 11.4 Å². The molecule has 0 unspecified atom stereocenters. The molecule has 0 saturated carbocycles. The lowest BCUT2D eigenvalue weighted by Gasteiger charge is -2.04. The average Bonchev–Trinajstić information content (AvgIpc) is 2.52. The molecule has 2 rings (SSSR count). The number of benzene rings is 2. The zero-order valence-electron chi connectivity index (χ0n) is 12.2. The maximum atomic E-state index is 13.3. The summed E-state index contributed by atoms with van der Waals surface area (Å²) in [6.07, 6.45) is 0. The summed E-state index contributed by atoms with van der Waals surface area (Å²) >= 11 is 0. The van der Waals surface area contributed by atoms with Crippen LogP contribution in [0.5, 0.6) is 5.75 Å². The quantitative estimate of drug-likeness (QED) is 0.839. The van der Waals surface area contributed by atoms with Crippen molar-refractivity contribution in [3.05, 3.63) is 59.9 Å². The van der Waals surface area contributed by atoms with Crippen LogP contribution in [0.3, 0.4) is 0 Å². The highest BCUT2D eigenvalue weighted by molar-refractivity contribution is 7.89. The van der Waals surface area contributed by atoms with E-state index in [1.54, 1.807) is 0 Å². The van der Waals surface area contributed by atoms with Gasteiger partial charge in [-0.2, -0.15) is 4.72 Å². The summed E-state index contributed by atoms with van der Waals surface area (Å²) in [6, 6.07) is 7.38. The zero-order chi connectivity index (χ0) is 17.6. The van der Waals surface area contributed by atoms with Crippen molar-refractivity contribution in [3.8, 4) is 17.6 Å². The lowest BCUT2D eigenvalue weighted by atomic mass is 10.3. The molecule has 8 heteroatoms. The number of nitrogens with one attached hydrogen (secondary N) is 1. The Morgan fingerprint density at radius 2 is 1.75 bits per heavy atom. The van der Waals surface area contributed by atoms with Crippen LogP contribution in [0.4, 0.5) is 13.2 Å². The Hall–Kier alpha value is -2.50. The molecule has 0 aliphatic carbocycles. The molecule has 0 aliphatic heterocycles. The standard InChI is InChI=1S/C16H12F3NO3S/c17-12-4-3-5-14(10-12)24(21,22)20-8-1-2-9-23-16-7-6-13(18)11-15(16)19/h3-7,10-11,20H,8-9H2. The van der Waals surface area contributed by atoms with Gasteiger partial charge < -0.3 is 4.74 Å². The van der Waals surface area contributed by atoms with Gasteiger partial charge in [-0.25, -0.2) is 21.6 Å². The number of hydrogen-bond acceptors (Lipinski definition) is 3. The first kappa shape index (κ1) is 17.8. The fraction of sp³-hybridized carbons (Fsp3) is 0.125. The van der Waals surface area contributed by atoms with Crippen molar-refractivity contribution in [2.45, 2.75) is 4.90 Å². The second kappa shape index (κ2) is 7.86. The largest absolute Gasteiger partial charge is 0.478 e. The second-order valence-electron chi connectivity index (χ2n) is 4.50. The Morgan fingerprint density at radius 1 is 1.00 bits per heavy atom. The molecule has 0 heterocycles. The highest BCUT2D eigenvalue weighted by atomic mass is 32.2. The van der Waals surface area contributed by atoms with Crippen molar-refractivity contribution < 1.29 is 26.3 Å². The maximum Gasteiger partial charge on any atom is 0.241 e. The topological polar surface area (TPSA) is 55.4 Å². The molecule has 0 fully saturated rings. The first-order valence-corrected chi connectivity index (χ1v) is 8.15. The number of rotatable bonds is 5. The minimum Gasteiger partial charge on any atom is -0.478 e. The van der Waals surface area contributed by atoms with Gasteiger partial charge in [-0.05, 0) is 30.3 Å². The monoisotopic (exact) mass is 355 g/mol. The lowest BCUT2D eigenvalue weighted by Crippen LogP contribution is -2.24. The van der Waals surface area contributed by atoms with Crippen LogP contribution in [0.2, 0.25) is 0 Å². The first-order chi connectivity index (χ1) is 11.4. The van der Waals surface area contributed by atoms with E-state index in [1.807, 2.05) is 0 Å². The van der Waals surface area contributed by atoms with Crippen molar-refractivity contribution in [1.29, 1.82) is 0 Å². The lowest BCUT2D eigenvalue weighted by molar-refractivity contribution is 0.346. The van der Waals surface area contributed by atoms with Gasteiger partial charge in [0, 0.05) is 6.07 Å². The van der Waals surface area contributed by atoms with Crippen molar-refractivity contribution in [3.63, 3.8) is 0 Å². The number of ether oxygens (including phenoxy) is 1. The molecule has 0 aliphatic rings. The molecule has 2 aromatic carbocycles. The molecule has 0 spiro atoms. The van der Waals surface area contributed by atoms with Crippen molar-refractivity contribution in [2.24, 2.45) is 0 Å². The van der Waals surface area contributed by atoms with Crippen LogP contribution in [0.25, 0.3) is 0 Å². The van der Waals surface area contributed by atoms with Crippen LogP contribution in [0.1, 0.15) is 0 Å². The van der Waals surface area contributed by atoms with Gasteiger partial charge in [0.25, 0.3) is 0 Å². The van der Waals surface area contributed by atoms with E-state index in [-0.39, 0.29) is 23.8 Å². The van der Waals surface area contributed by atoms with Crippen LogP contribution < -0.4 is 9.46 Å². The summed E-state index contributed by atoms with van der Waals surface area (Å²) in [5.41, 5.74) is 0. The van der Waals surface area contributed by atoms with E-state index in [1.165, 1.54) is 12.1 Å². The Labute approximate surface area is 137 Å². The smallest absolute Gasteiger partial charge is 0.241 e. The highest BCUT2D eigenvalue weighted by Crippen LogP contribution is 2.17. The van der Waals surface area contributed by atoms with Crippen LogP contribution in [-0.4, -0.2) is 21.6 Å². The fourth-order valence-electron chi connectivity index (χ4n) is 1.67. The highest BCUT2D eigenvalue weighted by Gasteiger charge is 2.13. The molecule has 126 valence electrons. The van der Waals surface area contributed by atoms with Crippen LogP contribution in [0, 0.1) is 29.3 Å². The van der Waals surface area contributed by atoms with E-state index in [0.717, 1.165) is 24.3 Å². The molecule has 4 nitrogen and oxygen atoms in total. The molecular formula is C16H12F3NO3S. The molecule has 1 N–H and O–H groups in total. The van der Waals surface area contributed by atoms with Gasteiger partial charge in [-0.1, -0.05) is 17.9 Å². The molecule has 2 aromatic rings. The van der Waals surface area contributed by atoms with Crippen LogP contribution in [0.15, 0.2) is 47.4 Å². The third-order valence-electron chi connectivity index (χ3n) is 2.78. The van der Waals surface area contributed by atoms with Crippen molar-refractivity contribution in [1.82, 2.24) is 4.72 Å². The van der Waals surface area contributed by atoms with Crippen molar-refractivity contribution >= 4 is 10.0 Å². The molecular weight excluding hydrogens is 343 g/mol. The van der Waals surface area contributed by atoms with E-state index in [2.05, 4.69) is 16.6 Å². The van der Waals surface area contributed by atoms with Crippen molar-refractivity contribution in [2.75, 3.05) is 13.2 Å². The predicted octanol–water partition coefficient (Wildman–Crippen LogP) is 2.46. The van der Waals surface area contributed by atoms with Gasteiger partial charge in [-0.3, -0.25) is 0 Å². The normalized spacial score (nSPS) is 10.8. The summed E-state index contributed by atoms with van der Waals surface area (Å²) in [7, 11) is -3.87. The summed E-state index contributed by atoms with van der Waals surface area (Å²) in [5.74, 6) is 2.54. The van der Waals surface area contributed by atoms with Gasteiger partial charge in [0.1, 0.15) is 18.2 Å². The maximum absolute atomic E-state index is 13.3. The number of halogens is 3. The Bertz CT molecular complexity index is 889. The molecule has 24 heavy (non-hydrogen) atoms. The number of hydrogen-bond donors (Lipinski definition) is 1. The third kappa shape index (κ3) is 5.01. The van der Waals surface area contributed by atoms with Crippen LogP contribution >= 0.6 is 0 Å². The van der Waals surface area contributed by atoms with Crippen LogP contribution in [-0.2, 0) is 10.0 Å².